The van der Waals surface area contributed by atoms with Gasteiger partial charge in [-0.15, -0.1) is 0 Å². The van der Waals surface area contributed by atoms with Crippen molar-refractivity contribution in [1.29, 1.82) is 0 Å². The molecule has 2 aromatic carbocycles. The molecule has 2 fully saturated rings. The second kappa shape index (κ2) is 9.13. The highest BCUT2D eigenvalue weighted by Gasteiger charge is 2.37. The first-order valence-corrected chi connectivity index (χ1v) is 12.7. The summed E-state index contributed by atoms with van der Waals surface area (Å²) in [5.41, 5.74) is 2.38. The predicted molar refractivity (Wildman–Crippen MR) is 122 cm³/mol. The Kier molecular flexibility index (Phi) is 6.49. The van der Waals surface area contributed by atoms with Gasteiger partial charge in [0.2, 0.25) is 15.9 Å². The molecule has 0 spiro atoms. The molecule has 0 unspecified atom stereocenters. The van der Waals surface area contributed by atoms with Crippen molar-refractivity contribution in [2.24, 2.45) is 5.92 Å². The van der Waals surface area contributed by atoms with Crippen LogP contribution in [0.2, 0.25) is 0 Å². The molecule has 31 heavy (non-hydrogen) atoms. The van der Waals surface area contributed by atoms with Crippen LogP contribution in [0.5, 0.6) is 0 Å². The average molecular weight is 441 g/mol. The van der Waals surface area contributed by atoms with E-state index in [1.807, 2.05) is 25.1 Å². The van der Waals surface area contributed by atoms with Gasteiger partial charge in [0.1, 0.15) is 0 Å². The molecular weight excluding hydrogens is 408 g/mol. The third kappa shape index (κ3) is 4.70. The first-order valence-electron chi connectivity index (χ1n) is 11.3. The van der Waals surface area contributed by atoms with Gasteiger partial charge in [-0.1, -0.05) is 60.9 Å². The first-order chi connectivity index (χ1) is 14.9. The number of carbonyl (C=O) groups excluding carboxylic acids is 1. The normalized spacial score (nSPS) is 19.9. The van der Waals surface area contributed by atoms with Crippen molar-refractivity contribution >= 4 is 15.9 Å². The third-order valence-electron chi connectivity index (χ3n) is 7.03. The lowest BCUT2D eigenvalue weighted by molar-refractivity contribution is -0.126. The van der Waals surface area contributed by atoms with Gasteiger partial charge in [0, 0.05) is 31.0 Å². The van der Waals surface area contributed by atoms with Crippen molar-refractivity contribution in [2.75, 3.05) is 19.6 Å². The van der Waals surface area contributed by atoms with Crippen molar-refractivity contribution in [1.82, 2.24) is 9.62 Å². The van der Waals surface area contributed by atoms with Crippen LogP contribution < -0.4 is 5.32 Å². The fourth-order valence-electron chi connectivity index (χ4n) is 5.03. The predicted octanol–water partition coefficient (Wildman–Crippen LogP) is 4.02. The Bertz CT molecular complexity index is 989. The molecule has 0 atom stereocenters. The molecule has 1 saturated heterocycles. The number of rotatable bonds is 6. The lowest BCUT2D eigenvalue weighted by Crippen LogP contribution is -2.45. The van der Waals surface area contributed by atoms with E-state index in [0.29, 0.717) is 37.4 Å². The zero-order valence-corrected chi connectivity index (χ0v) is 19.0. The van der Waals surface area contributed by atoms with Crippen molar-refractivity contribution in [3.05, 3.63) is 65.7 Å². The molecule has 2 aromatic rings. The quantitative estimate of drug-likeness (QED) is 0.738. The minimum absolute atomic E-state index is 0.0341. The van der Waals surface area contributed by atoms with Crippen LogP contribution in [0.1, 0.15) is 49.7 Å². The smallest absolute Gasteiger partial charge is 0.243 e. The van der Waals surface area contributed by atoms with Gasteiger partial charge in [-0.05, 0) is 50.3 Å². The summed E-state index contributed by atoms with van der Waals surface area (Å²) in [6.07, 6.45) is 5.72. The van der Waals surface area contributed by atoms with E-state index in [1.165, 1.54) is 22.7 Å². The van der Waals surface area contributed by atoms with E-state index in [4.69, 9.17) is 0 Å². The molecule has 5 nitrogen and oxygen atoms in total. The summed E-state index contributed by atoms with van der Waals surface area (Å²) in [5.74, 6) is -0.0618. The molecule has 1 amide bonds. The van der Waals surface area contributed by atoms with Gasteiger partial charge < -0.3 is 5.32 Å². The number of carbonyl (C=O) groups is 1. The SMILES string of the molecule is Cc1ccc(S(=O)(=O)N2CCC(C(=O)NCC3(c4ccccc4)CCCC3)CC2)cc1. The first kappa shape index (κ1) is 22.0. The molecule has 1 aliphatic heterocycles. The van der Waals surface area contributed by atoms with Crippen molar-refractivity contribution in [3.8, 4) is 0 Å². The molecule has 0 aromatic heterocycles. The summed E-state index contributed by atoms with van der Waals surface area (Å²) < 4.78 is 27.3. The summed E-state index contributed by atoms with van der Waals surface area (Å²) in [5, 5.41) is 3.22. The monoisotopic (exact) mass is 440 g/mol. The molecule has 1 heterocycles. The highest BCUT2D eigenvalue weighted by atomic mass is 32.2. The largest absolute Gasteiger partial charge is 0.355 e. The Morgan fingerprint density at radius 3 is 2.23 bits per heavy atom. The molecule has 1 aliphatic carbocycles. The van der Waals surface area contributed by atoms with E-state index >= 15 is 0 Å². The van der Waals surface area contributed by atoms with Crippen LogP contribution in [-0.4, -0.2) is 38.3 Å². The molecule has 166 valence electrons. The maximum absolute atomic E-state index is 12.9. The van der Waals surface area contributed by atoms with E-state index in [0.717, 1.165) is 18.4 Å². The zero-order chi connectivity index (χ0) is 21.9. The van der Waals surface area contributed by atoms with Gasteiger partial charge in [-0.2, -0.15) is 4.31 Å². The second-order valence-corrected chi connectivity index (χ2v) is 11.0. The molecule has 1 saturated carbocycles. The summed E-state index contributed by atoms with van der Waals surface area (Å²) in [6, 6.07) is 17.5. The maximum atomic E-state index is 12.9. The Labute approximate surface area is 185 Å². The Hall–Kier alpha value is -2.18. The van der Waals surface area contributed by atoms with Crippen LogP contribution >= 0.6 is 0 Å². The molecule has 6 heteroatoms. The number of benzene rings is 2. The minimum atomic E-state index is -3.50. The van der Waals surface area contributed by atoms with Crippen molar-refractivity contribution in [2.45, 2.75) is 55.8 Å². The van der Waals surface area contributed by atoms with Crippen molar-refractivity contribution < 1.29 is 13.2 Å². The number of amides is 1. The van der Waals surface area contributed by atoms with Crippen LogP contribution in [0.3, 0.4) is 0 Å². The van der Waals surface area contributed by atoms with Crippen LogP contribution in [0.15, 0.2) is 59.5 Å². The van der Waals surface area contributed by atoms with E-state index in [1.54, 1.807) is 12.1 Å². The molecular formula is C25H32N2O3S. The van der Waals surface area contributed by atoms with Gasteiger partial charge in [0.05, 0.1) is 4.90 Å². The van der Waals surface area contributed by atoms with Crippen LogP contribution in [0, 0.1) is 12.8 Å². The lowest BCUT2D eigenvalue weighted by Gasteiger charge is -2.33. The number of piperidine rings is 1. The van der Waals surface area contributed by atoms with Crippen LogP contribution in [0.4, 0.5) is 0 Å². The number of hydrogen-bond acceptors (Lipinski definition) is 3. The van der Waals surface area contributed by atoms with Gasteiger partial charge >= 0.3 is 0 Å². The summed E-state index contributed by atoms with van der Waals surface area (Å²) in [6.45, 7) is 3.38. The molecule has 1 N–H and O–H groups in total. The van der Waals surface area contributed by atoms with Gasteiger partial charge in [-0.3, -0.25) is 4.79 Å². The lowest BCUT2D eigenvalue weighted by atomic mass is 9.78. The highest BCUT2D eigenvalue weighted by Crippen LogP contribution is 2.40. The Balaban J connectivity index is 1.35. The van der Waals surface area contributed by atoms with E-state index in [2.05, 4.69) is 29.6 Å². The summed E-state index contributed by atoms with van der Waals surface area (Å²) >= 11 is 0. The topological polar surface area (TPSA) is 66.5 Å². The standard InChI is InChI=1S/C25H32N2O3S/c1-20-9-11-23(12-10-20)31(29,30)27-17-13-21(14-18-27)24(28)26-19-25(15-5-6-16-25)22-7-3-2-4-8-22/h2-4,7-12,21H,5-6,13-19H2,1H3,(H,26,28). The summed E-state index contributed by atoms with van der Waals surface area (Å²) in [7, 11) is -3.50. The third-order valence-corrected chi connectivity index (χ3v) is 8.94. The molecule has 2 aliphatic rings. The fraction of sp³-hybridized carbons (Fsp3) is 0.480. The van der Waals surface area contributed by atoms with Gasteiger partial charge in [0.15, 0.2) is 0 Å². The Morgan fingerprint density at radius 1 is 1.00 bits per heavy atom. The van der Waals surface area contributed by atoms with Crippen LogP contribution in [0.25, 0.3) is 0 Å². The van der Waals surface area contributed by atoms with Gasteiger partial charge in [-0.25, -0.2) is 8.42 Å². The molecule has 0 bridgehead atoms. The molecule has 4 rings (SSSR count). The minimum Gasteiger partial charge on any atom is -0.355 e. The zero-order valence-electron chi connectivity index (χ0n) is 18.2. The highest BCUT2D eigenvalue weighted by molar-refractivity contribution is 7.89. The number of nitrogens with zero attached hydrogens (tertiary/aromatic N) is 1. The number of aryl methyl sites for hydroxylation is 1. The van der Waals surface area contributed by atoms with Crippen molar-refractivity contribution in [3.63, 3.8) is 0 Å². The van der Waals surface area contributed by atoms with E-state index in [-0.39, 0.29) is 17.2 Å². The van der Waals surface area contributed by atoms with Gasteiger partial charge in [0.25, 0.3) is 0 Å². The van der Waals surface area contributed by atoms with E-state index in [9.17, 15) is 13.2 Å². The number of nitrogens with one attached hydrogen (secondary N) is 1. The van der Waals surface area contributed by atoms with E-state index < -0.39 is 10.0 Å². The number of hydrogen-bond donors (Lipinski definition) is 1. The molecule has 0 radical (unpaired) electrons. The summed E-state index contributed by atoms with van der Waals surface area (Å²) in [4.78, 5) is 13.2. The second-order valence-electron chi connectivity index (χ2n) is 9.06. The number of sulfonamides is 1. The Morgan fingerprint density at radius 2 is 1.61 bits per heavy atom. The average Bonchev–Trinajstić information content (AvgIpc) is 3.29. The maximum Gasteiger partial charge on any atom is 0.243 e. The fourth-order valence-corrected chi connectivity index (χ4v) is 6.50. The van der Waals surface area contributed by atoms with Crippen LogP contribution in [-0.2, 0) is 20.2 Å².